The van der Waals surface area contributed by atoms with Gasteiger partial charge in [0.2, 0.25) is 0 Å². The third-order valence-corrected chi connectivity index (χ3v) is 2.77. The van der Waals surface area contributed by atoms with Gasteiger partial charge in [0, 0.05) is 16.6 Å². The minimum absolute atomic E-state index is 0.764. The van der Waals surface area contributed by atoms with Gasteiger partial charge in [-0.2, -0.15) is 5.26 Å². The lowest BCUT2D eigenvalue weighted by Crippen LogP contribution is -1.81. The van der Waals surface area contributed by atoms with E-state index in [0.29, 0.717) is 0 Å². The summed E-state index contributed by atoms with van der Waals surface area (Å²) in [6, 6.07) is 6.21. The minimum atomic E-state index is 0.764. The van der Waals surface area contributed by atoms with Crippen LogP contribution in [0.25, 0.3) is 10.9 Å². The van der Waals surface area contributed by atoms with Crippen LogP contribution in [0.3, 0.4) is 0 Å². The molecule has 0 bridgehead atoms. The standard InChI is InChI=1S/C12H12N2/c1-7-4-12-11(5-10(7)6-13)8(2)9(3)14-12/h4-5,14H,1-3H3. The van der Waals surface area contributed by atoms with Gasteiger partial charge in [-0.25, -0.2) is 0 Å². The molecule has 0 unspecified atom stereocenters. The van der Waals surface area contributed by atoms with Crippen LogP contribution in [0.5, 0.6) is 0 Å². The molecule has 14 heavy (non-hydrogen) atoms. The van der Waals surface area contributed by atoms with E-state index in [0.717, 1.165) is 22.0 Å². The molecule has 0 amide bonds. The fourth-order valence-corrected chi connectivity index (χ4v) is 1.74. The Bertz CT molecular complexity index is 541. The third-order valence-electron chi connectivity index (χ3n) is 2.77. The quantitative estimate of drug-likeness (QED) is 0.671. The highest BCUT2D eigenvalue weighted by Crippen LogP contribution is 2.24. The highest BCUT2D eigenvalue weighted by atomic mass is 14.7. The lowest BCUT2D eigenvalue weighted by atomic mass is 10.0. The maximum Gasteiger partial charge on any atom is 0.0994 e. The van der Waals surface area contributed by atoms with E-state index < -0.39 is 0 Å². The molecule has 2 aromatic rings. The molecule has 1 aromatic heterocycles. The maximum atomic E-state index is 8.92. The number of hydrogen-bond acceptors (Lipinski definition) is 1. The molecule has 1 N–H and O–H groups in total. The van der Waals surface area contributed by atoms with Crippen LogP contribution in [-0.2, 0) is 0 Å². The summed E-state index contributed by atoms with van der Waals surface area (Å²) in [4.78, 5) is 3.31. The third kappa shape index (κ3) is 1.10. The van der Waals surface area contributed by atoms with Crippen LogP contribution in [0.2, 0.25) is 0 Å². The molecule has 0 aliphatic heterocycles. The Morgan fingerprint density at radius 3 is 2.57 bits per heavy atom. The number of nitriles is 1. The van der Waals surface area contributed by atoms with E-state index >= 15 is 0 Å². The second-order valence-corrected chi connectivity index (χ2v) is 3.70. The fourth-order valence-electron chi connectivity index (χ4n) is 1.74. The van der Waals surface area contributed by atoms with Gasteiger partial charge in [-0.3, -0.25) is 0 Å². The van der Waals surface area contributed by atoms with Gasteiger partial charge in [-0.05, 0) is 44.0 Å². The van der Waals surface area contributed by atoms with Gasteiger partial charge in [0.05, 0.1) is 11.6 Å². The summed E-state index contributed by atoms with van der Waals surface area (Å²) in [6.45, 7) is 6.09. The van der Waals surface area contributed by atoms with E-state index in [1.807, 2.05) is 19.1 Å². The van der Waals surface area contributed by atoms with Crippen molar-refractivity contribution in [1.29, 1.82) is 5.26 Å². The van der Waals surface area contributed by atoms with Gasteiger partial charge in [0.1, 0.15) is 0 Å². The molecule has 2 rings (SSSR count). The monoisotopic (exact) mass is 184 g/mol. The Labute approximate surface area is 83.2 Å². The number of nitrogens with one attached hydrogen (secondary N) is 1. The molecule has 0 radical (unpaired) electrons. The Morgan fingerprint density at radius 2 is 1.93 bits per heavy atom. The van der Waals surface area contributed by atoms with Crippen LogP contribution in [0.4, 0.5) is 0 Å². The first kappa shape index (κ1) is 8.83. The zero-order valence-electron chi connectivity index (χ0n) is 8.60. The van der Waals surface area contributed by atoms with Crippen LogP contribution >= 0.6 is 0 Å². The smallest absolute Gasteiger partial charge is 0.0994 e. The van der Waals surface area contributed by atoms with Crippen LogP contribution in [0.15, 0.2) is 12.1 Å². The lowest BCUT2D eigenvalue weighted by molar-refractivity contribution is 1.25. The number of benzene rings is 1. The van der Waals surface area contributed by atoms with Crippen LogP contribution in [0.1, 0.15) is 22.4 Å². The van der Waals surface area contributed by atoms with Crippen molar-refractivity contribution in [2.24, 2.45) is 0 Å². The summed E-state index contributed by atoms with van der Waals surface area (Å²) in [5, 5.41) is 10.1. The normalized spacial score (nSPS) is 10.4. The van der Waals surface area contributed by atoms with Gasteiger partial charge >= 0.3 is 0 Å². The molecule has 1 heterocycles. The predicted octanol–water partition coefficient (Wildman–Crippen LogP) is 2.96. The van der Waals surface area contributed by atoms with Crippen LogP contribution in [0, 0.1) is 32.1 Å². The topological polar surface area (TPSA) is 39.6 Å². The number of fused-ring (bicyclic) bond motifs is 1. The Morgan fingerprint density at radius 1 is 1.21 bits per heavy atom. The molecule has 2 nitrogen and oxygen atoms in total. The van der Waals surface area contributed by atoms with Crippen molar-refractivity contribution >= 4 is 10.9 Å². The van der Waals surface area contributed by atoms with Gasteiger partial charge in [0.25, 0.3) is 0 Å². The number of hydrogen-bond donors (Lipinski definition) is 1. The number of aromatic nitrogens is 1. The van der Waals surface area contributed by atoms with E-state index in [9.17, 15) is 0 Å². The van der Waals surface area contributed by atoms with E-state index in [2.05, 4.69) is 24.9 Å². The molecule has 0 aliphatic carbocycles. The first-order chi connectivity index (χ1) is 6.63. The average Bonchev–Trinajstić information content (AvgIpc) is 2.41. The van der Waals surface area contributed by atoms with Crippen molar-refractivity contribution < 1.29 is 0 Å². The van der Waals surface area contributed by atoms with Crippen molar-refractivity contribution in [3.63, 3.8) is 0 Å². The summed E-state index contributed by atoms with van der Waals surface area (Å²) in [5.74, 6) is 0. The molecule has 0 atom stereocenters. The summed E-state index contributed by atoms with van der Waals surface area (Å²) >= 11 is 0. The van der Waals surface area contributed by atoms with Crippen molar-refractivity contribution in [3.8, 4) is 6.07 Å². The first-order valence-electron chi connectivity index (χ1n) is 4.63. The molecular weight excluding hydrogens is 172 g/mol. The number of aromatic amines is 1. The highest BCUT2D eigenvalue weighted by Gasteiger charge is 2.06. The van der Waals surface area contributed by atoms with Gasteiger partial charge in [0.15, 0.2) is 0 Å². The number of nitrogens with zero attached hydrogens (tertiary/aromatic N) is 1. The SMILES string of the molecule is Cc1cc2[nH]c(C)c(C)c2cc1C#N. The van der Waals surface area contributed by atoms with Crippen LogP contribution in [-0.4, -0.2) is 4.98 Å². The Kier molecular flexibility index (Phi) is 1.82. The number of aryl methyl sites for hydroxylation is 3. The highest BCUT2D eigenvalue weighted by molar-refractivity contribution is 5.86. The molecule has 2 heteroatoms. The number of rotatable bonds is 0. The fraction of sp³-hybridized carbons (Fsp3) is 0.250. The zero-order chi connectivity index (χ0) is 10.3. The van der Waals surface area contributed by atoms with Crippen molar-refractivity contribution in [2.75, 3.05) is 0 Å². The lowest BCUT2D eigenvalue weighted by Gasteiger charge is -1.97. The molecule has 0 spiro atoms. The molecule has 70 valence electrons. The molecule has 0 aliphatic rings. The molecule has 1 aromatic carbocycles. The summed E-state index contributed by atoms with van der Waals surface area (Å²) in [7, 11) is 0. The minimum Gasteiger partial charge on any atom is -0.358 e. The summed E-state index contributed by atoms with van der Waals surface area (Å²) < 4.78 is 0. The van der Waals surface area contributed by atoms with E-state index in [1.165, 1.54) is 11.3 Å². The van der Waals surface area contributed by atoms with Gasteiger partial charge < -0.3 is 4.98 Å². The van der Waals surface area contributed by atoms with E-state index in [-0.39, 0.29) is 0 Å². The molecule has 0 fully saturated rings. The van der Waals surface area contributed by atoms with Gasteiger partial charge in [-0.1, -0.05) is 0 Å². The Hall–Kier alpha value is -1.75. The van der Waals surface area contributed by atoms with Crippen LogP contribution < -0.4 is 0 Å². The second-order valence-electron chi connectivity index (χ2n) is 3.70. The average molecular weight is 184 g/mol. The van der Waals surface area contributed by atoms with Crippen molar-refractivity contribution in [1.82, 2.24) is 4.98 Å². The maximum absolute atomic E-state index is 8.92. The summed E-state index contributed by atoms with van der Waals surface area (Å²) in [6.07, 6.45) is 0. The van der Waals surface area contributed by atoms with Crippen molar-refractivity contribution in [2.45, 2.75) is 20.8 Å². The first-order valence-corrected chi connectivity index (χ1v) is 4.63. The number of H-pyrrole nitrogens is 1. The molecule has 0 saturated carbocycles. The largest absolute Gasteiger partial charge is 0.358 e. The summed E-state index contributed by atoms with van der Waals surface area (Å²) in [5.41, 5.74) is 5.32. The van der Waals surface area contributed by atoms with Gasteiger partial charge in [-0.15, -0.1) is 0 Å². The van der Waals surface area contributed by atoms with E-state index in [4.69, 9.17) is 5.26 Å². The molecule has 0 saturated heterocycles. The van der Waals surface area contributed by atoms with Crippen molar-refractivity contribution in [3.05, 3.63) is 34.5 Å². The van der Waals surface area contributed by atoms with E-state index in [1.54, 1.807) is 0 Å². The Balaban J connectivity index is 2.88. The molecular formula is C12H12N2. The zero-order valence-corrected chi connectivity index (χ0v) is 8.60. The predicted molar refractivity (Wildman–Crippen MR) is 57.2 cm³/mol. The second kappa shape index (κ2) is 2.88.